The molecule has 2 aliphatic heterocycles. The molecule has 8 aromatic carbocycles. The molecular weight excluding hydrogens is 761 g/mol. The molecule has 0 bridgehead atoms. The Morgan fingerprint density at radius 3 is 1.48 bits per heavy atom. The second-order valence-corrected chi connectivity index (χ2v) is 16.0. The fourth-order valence-corrected chi connectivity index (χ4v) is 9.63. The first kappa shape index (κ1) is 34.6. The van der Waals surface area contributed by atoms with Gasteiger partial charge in [-0.05, 0) is 119 Å². The van der Waals surface area contributed by atoms with E-state index >= 15 is 0 Å². The van der Waals surface area contributed by atoms with Crippen LogP contribution in [0, 0.1) is 0 Å². The zero-order valence-corrected chi connectivity index (χ0v) is 33.5. The van der Waals surface area contributed by atoms with Crippen LogP contribution in [0.15, 0.2) is 206 Å². The molecule has 4 heterocycles. The van der Waals surface area contributed by atoms with Gasteiger partial charge in [-0.1, -0.05) is 103 Å². The van der Waals surface area contributed by atoms with Crippen molar-refractivity contribution in [3.63, 3.8) is 0 Å². The number of hydrogen-bond donors (Lipinski definition) is 0. The van der Waals surface area contributed by atoms with E-state index in [1.54, 1.807) is 0 Å². The number of fused-ring (bicyclic) bond motifs is 7. The maximum atomic E-state index is 6.54. The molecular formula is C56H36N4O2. The minimum atomic E-state index is 0.811. The Hall–Kier alpha value is -8.22. The van der Waals surface area contributed by atoms with Crippen molar-refractivity contribution in [2.24, 2.45) is 0 Å². The molecule has 1 aliphatic carbocycles. The van der Waals surface area contributed by atoms with Gasteiger partial charge in [0, 0.05) is 39.7 Å². The Balaban J connectivity index is 1.15. The van der Waals surface area contributed by atoms with Crippen LogP contribution in [0.1, 0.15) is 12.8 Å². The number of pyridine rings is 2. The lowest BCUT2D eigenvalue weighted by atomic mass is 9.87. The normalized spacial score (nSPS) is 14.1. The van der Waals surface area contributed by atoms with Crippen LogP contribution < -0.4 is 19.3 Å². The van der Waals surface area contributed by atoms with Crippen LogP contribution in [0.2, 0.25) is 0 Å². The van der Waals surface area contributed by atoms with E-state index in [1.165, 1.54) is 0 Å². The van der Waals surface area contributed by atoms with E-state index in [0.717, 1.165) is 136 Å². The molecule has 292 valence electrons. The van der Waals surface area contributed by atoms with Gasteiger partial charge in [0.05, 0.1) is 45.2 Å². The summed E-state index contributed by atoms with van der Waals surface area (Å²) in [5.41, 5.74) is 11.9. The van der Waals surface area contributed by atoms with Crippen LogP contribution in [-0.4, -0.2) is 9.97 Å². The van der Waals surface area contributed by atoms with Crippen LogP contribution in [0.3, 0.4) is 0 Å². The molecule has 2 aromatic heterocycles. The third-order valence-corrected chi connectivity index (χ3v) is 12.4. The van der Waals surface area contributed by atoms with Gasteiger partial charge in [-0.15, -0.1) is 0 Å². The molecule has 0 saturated heterocycles. The Kier molecular flexibility index (Phi) is 7.63. The molecule has 6 heteroatoms. The van der Waals surface area contributed by atoms with Crippen molar-refractivity contribution >= 4 is 71.8 Å². The molecule has 0 N–H and O–H groups in total. The number of ether oxygens (including phenoxy) is 2. The van der Waals surface area contributed by atoms with Gasteiger partial charge in [0.1, 0.15) is 5.76 Å². The summed E-state index contributed by atoms with van der Waals surface area (Å²) in [6, 6.07) is 64.0. The topological polar surface area (TPSA) is 50.7 Å². The molecule has 0 unspecified atom stereocenters. The highest BCUT2D eigenvalue weighted by atomic mass is 16.5. The third kappa shape index (κ3) is 5.36. The second-order valence-electron chi connectivity index (χ2n) is 16.0. The summed E-state index contributed by atoms with van der Waals surface area (Å²) in [6.45, 7) is 0. The number of anilines is 5. The maximum Gasteiger partial charge on any atom is 0.151 e. The summed E-state index contributed by atoms with van der Waals surface area (Å²) in [4.78, 5) is 15.5. The molecule has 0 atom stereocenters. The summed E-state index contributed by atoms with van der Waals surface area (Å²) in [6.07, 6.45) is 6.24. The van der Waals surface area contributed by atoms with Crippen molar-refractivity contribution in [1.82, 2.24) is 9.97 Å². The largest absolute Gasteiger partial charge is 0.457 e. The number of aromatic nitrogens is 2. The Morgan fingerprint density at radius 2 is 0.903 bits per heavy atom. The summed E-state index contributed by atoms with van der Waals surface area (Å²) in [5, 5.41) is 6.53. The van der Waals surface area contributed by atoms with E-state index in [4.69, 9.17) is 19.4 Å². The highest BCUT2D eigenvalue weighted by Crippen LogP contribution is 2.53. The molecule has 0 radical (unpaired) electrons. The van der Waals surface area contributed by atoms with Gasteiger partial charge < -0.3 is 19.3 Å². The fourth-order valence-electron chi connectivity index (χ4n) is 9.63. The predicted molar refractivity (Wildman–Crippen MR) is 252 cm³/mol. The monoisotopic (exact) mass is 796 g/mol. The maximum absolute atomic E-state index is 6.54. The minimum absolute atomic E-state index is 0.811. The molecule has 0 spiro atoms. The SMILES string of the molecule is C1=CC2=C(CC1)Oc1ccccc1N2c1ccc2c(-c3ccc4ccccc4n3)c3cc(N4c5ccccc5Oc5ccccc54)ccc3c(-c3ccc4ccccc4n3)c2c1. The molecule has 0 fully saturated rings. The van der Waals surface area contributed by atoms with E-state index in [1.807, 2.05) is 30.3 Å². The molecule has 10 aromatic rings. The van der Waals surface area contributed by atoms with E-state index in [-0.39, 0.29) is 0 Å². The number of benzene rings is 8. The zero-order valence-electron chi connectivity index (χ0n) is 33.5. The first-order chi connectivity index (χ1) is 30.7. The number of nitrogens with zero attached hydrogens (tertiary/aromatic N) is 4. The Bertz CT molecular complexity index is 3530. The van der Waals surface area contributed by atoms with Gasteiger partial charge in [0.25, 0.3) is 0 Å². The average molecular weight is 797 g/mol. The molecule has 3 aliphatic rings. The predicted octanol–water partition coefficient (Wildman–Crippen LogP) is 15.1. The van der Waals surface area contributed by atoms with E-state index in [9.17, 15) is 0 Å². The molecule has 6 nitrogen and oxygen atoms in total. The van der Waals surface area contributed by atoms with E-state index in [0.29, 0.717) is 0 Å². The fraction of sp³-hybridized carbons (Fsp3) is 0.0357. The van der Waals surface area contributed by atoms with E-state index < -0.39 is 0 Å². The van der Waals surface area contributed by atoms with E-state index in [2.05, 4.69) is 174 Å². The van der Waals surface area contributed by atoms with Crippen LogP contribution in [0.25, 0.3) is 65.9 Å². The number of rotatable bonds is 4. The van der Waals surface area contributed by atoms with Crippen molar-refractivity contribution < 1.29 is 9.47 Å². The lowest BCUT2D eigenvalue weighted by molar-refractivity contribution is 0.388. The third-order valence-electron chi connectivity index (χ3n) is 12.4. The van der Waals surface area contributed by atoms with Gasteiger partial charge in [-0.2, -0.15) is 0 Å². The Morgan fingerprint density at radius 1 is 0.419 bits per heavy atom. The van der Waals surface area contributed by atoms with Crippen molar-refractivity contribution in [2.45, 2.75) is 12.8 Å². The summed E-state index contributed by atoms with van der Waals surface area (Å²) < 4.78 is 13.0. The van der Waals surface area contributed by atoms with Crippen LogP contribution >= 0.6 is 0 Å². The standard InChI is InChI=1S/C56H36N4O2/c1-3-15-43-35(13-1)25-31-45(57-43)55-39-29-27-38(60-49-19-7-11-23-53(49)62-54-24-12-8-20-50(54)60)34-42(39)56(46-32-26-36-14-2-4-16-44(36)58-46)40-30-28-37(33-41(40)55)59-47-17-5-9-21-51(47)61-52-22-10-6-18-48(52)59/h1-11,13-23,25-34H,12,24H2. The average Bonchev–Trinajstić information content (AvgIpc) is 3.33. The second kappa shape index (κ2) is 13.7. The summed E-state index contributed by atoms with van der Waals surface area (Å²) >= 11 is 0. The van der Waals surface area contributed by atoms with Gasteiger partial charge in [-0.3, -0.25) is 0 Å². The van der Waals surface area contributed by atoms with Crippen molar-refractivity contribution in [3.8, 4) is 39.8 Å². The lowest BCUT2D eigenvalue weighted by Gasteiger charge is -2.35. The van der Waals surface area contributed by atoms with Gasteiger partial charge >= 0.3 is 0 Å². The van der Waals surface area contributed by atoms with Gasteiger partial charge in [-0.25, -0.2) is 9.97 Å². The van der Waals surface area contributed by atoms with Crippen LogP contribution in [0.5, 0.6) is 17.2 Å². The number of allylic oxidation sites excluding steroid dienone is 3. The first-order valence-corrected chi connectivity index (χ1v) is 21.1. The number of para-hydroxylation sites is 8. The zero-order chi connectivity index (χ0) is 40.7. The van der Waals surface area contributed by atoms with Crippen molar-refractivity contribution in [3.05, 3.63) is 206 Å². The van der Waals surface area contributed by atoms with Crippen molar-refractivity contribution in [2.75, 3.05) is 9.80 Å². The molecule has 0 amide bonds. The first-order valence-electron chi connectivity index (χ1n) is 21.1. The molecule has 13 rings (SSSR count). The Labute approximate surface area is 357 Å². The lowest BCUT2D eigenvalue weighted by Crippen LogP contribution is -2.24. The van der Waals surface area contributed by atoms with Crippen molar-refractivity contribution in [1.29, 1.82) is 0 Å². The quantitative estimate of drug-likeness (QED) is 0.165. The van der Waals surface area contributed by atoms with Gasteiger partial charge in [0.2, 0.25) is 0 Å². The minimum Gasteiger partial charge on any atom is -0.457 e. The summed E-state index contributed by atoms with van der Waals surface area (Å²) in [7, 11) is 0. The highest BCUT2D eigenvalue weighted by molar-refractivity contribution is 6.22. The van der Waals surface area contributed by atoms with Crippen LogP contribution in [0.4, 0.5) is 28.4 Å². The number of hydrogen-bond acceptors (Lipinski definition) is 6. The molecule has 0 saturated carbocycles. The smallest absolute Gasteiger partial charge is 0.151 e. The van der Waals surface area contributed by atoms with Gasteiger partial charge in [0.15, 0.2) is 17.2 Å². The molecule has 62 heavy (non-hydrogen) atoms. The summed E-state index contributed by atoms with van der Waals surface area (Å²) in [5.74, 6) is 3.47. The highest BCUT2D eigenvalue weighted by Gasteiger charge is 2.30. The van der Waals surface area contributed by atoms with Crippen LogP contribution in [-0.2, 0) is 0 Å².